The third-order valence-electron chi connectivity index (χ3n) is 3.85. The summed E-state index contributed by atoms with van der Waals surface area (Å²) in [6, 6.07) is 0.368. The van der Waals surface area contributed by atoms with Gasteiger partial charge in [-0.1, -0.05) is 13.8 Å². The molecule has 0 heterocycles. The predicted octanol–water partition coefficient (Wildman–Crippen LogP) is 2.15. The van der Waals surface area contributed by atoms with E-state index in [1.807, 2.05) is 13.8 Å². The lowest BCUT2D eigenvalue weighted by atomic mass is 9.97. The molecule has 0 aliphatic heterocycles. The first-order chi connectivity index (χ1) is 8.67. The molecule has 0 aromatic heterocycles. The van der Waals surface area contributed by atoms with Crippen molar-refractivity contribution in [1.29, 1.82) is 0 Å². The second kappa shape index (κ2) is 6.41. The van der Waals surface area contributed by atoms with Crippen LogP contribution in [0.25, 0.3) is 0 Å². The smallest absolute Gasteiger partial charge is 0.390 e. The van der Waals surface area contributed by atoms with E-state index in [0.717, 1.165) is 12.8 Å². The van der Waals surface area contributed by atoms with E-state index in [4.69, 9.17) is 0 Å². The number of hydrogen-bond donors (Lipinski definition) is 2. The molecule has 0 aromatic carbocycles. The highest BCUT2D eigenvalue weighted by Gasteiger charge is 2.40. The van der Waals surface area contributed by atoms with Crippen molar-refractivity contribution in [2.75, 3.05) is 20.2 Å². The summed E-state index contributed by atoms with van der Waals surface area (Å²) in [5, 5.41) is 12.9. The van der Waals surface area contributed by atoms with Gasteiger partial charge in [-0.05, 0) is 26.3 Å². The monoisotopic (exact) mass is 282 g/mol. The van der Waals surface area contributed by atoms with Crippen LogP contribution in [0.4, 0.5) is 13.2 Å². The molecular formula is C13H25F3N2O. The molecule has 0 spiro atoms. The molecule has 6 heteroatoms. The molecule has 0 saturated heterocycles. The van der Waals surface area contributed by atoms with Crippen LogP contribution in [0.3, 0.4) is 0 Å². The minimum absolute atomic E-state index is 0.0252. The van der Waals surface area contributed by atoms with Crippen molar-refractivity contribution in [3.63, 3.8) is 0 Å². The Morgan fingerprint density at radius 2 is 2.05 bits per heavy atom. The molecule has 114 valence electrons. The van der Waals surface area contributed by atoms with Gasteiger partial charge in [-0.3, -0.25) is 0 Å². The molecule has 0 amide bonds. The summed E-state index contributed by atoms with van der Waals surface area (Å²) in [6.07, 6.45) is -2.53. The first-order valence-electron chi connectivity index (χ1n) is 6.83. The largest absolute Gasteiger partial charge is 0.394 e. The van der Waals surface area contributed by atoms with Gasteiger partial charge in [-0.25, -0.2) is 0 Å². The number of rotatable bonds is 6. The van der Waals surface area contributed by atoms with Gasteiger partial charge in [0, 0.05) is 24.2 Å². The van der Waals surface area contributed by atoms with E-state index in [1.165, 1.54) is 0 Å². The van der Waals surface area contributed by atoms with Crippen LogP contribution in [0.15, 0.2) is 0 Å². The topological polar surface area (TPSA) is 35.5 Å². The average molecular weight is 282 g/mol. The molecule has 1 fully saturated rings. The summed E-state index contributed by atoms with van der Waals surface area (Å²) in [5.41, 5.74) is -0.328. The van der Waals surface area contributed by atoms with Crippen LogP contribution in [-0.2, 0) is 0 Å². The standard InChI is InChI=1S/C13H25F3N2O/c1-10(2)17-12(9-19)5-4-11(8-12)18(3)7-6-13(14,15)16/h10-11,17,19H,4-9H2,1-3H3. The number of nitrogens with one attached hydrogen (secondary N) is 1. The van der Waals surface area contributed by atoms with Gasteiger partial charge in [0.2, 0.25) is 0 Å². The molecule has 0 bridgehead atoms. The highest BCUT2D eigenvalue weighted by Crippen LogP contribution is 2.33. The summed E-state index contributed by atoms with van der Waals surface area (Å²) in [4.78, 5) is 1.77. The first-order valence-corrected chi connectivity index (χ1v) is 6.83. The van der Waals surface area contributed by atoms with Crippen molar-refractivity contribution >= 4 is 0 Å². The summed E-state index contributed by atoms with van der Waals surface area (Å²) in [7, 11) is 1.74. The maximum absolute atomic E-state index is 12.2. The van der Waals surface area contributed by atoms with Crippen molar-refractivity contribution in [1.82, 2.24) is 10.2 Å². The van der Waals surface area contributed by atoms with Gasteiger partial charge in [-0.15, -0.1) is 0 Å². The van der Waals surface area contributed by atoms with Crippen molar-refractivity contribution in [2.24, 2.45) is 0 Å². The SMILES string of the molecule is CC(C)NC1(CO)CCC(N(C)CCC(F)(F)F)C1. The summed E-state index contributed by atoms with van der Waals surface area (Å²) in [6.45, 7) is 4.09. The Morgan fingerprint density at radius 1 is 1.42 bits per heavy atom. The quantitative estimate of drug-likeness (QED) is 0.783. The number of halogens is 3. The lowest BCUT2D eigenvalue weighted by Crippen LogP contribution is -2.50. The number of alkyl halides is 3. The van der Waals surface area contributed by atoms with Gasteiger partial charge in [0.05, 0.1) is 13.0 Å². The van der Waals surface area contributed by atoms with Gasteiger partial charge < -0.3 is 15.3 Å². The molecule has 1 aliphatic rings. The van der Waals surface area contributed by atoms with E-state index < -0.39 is 12.6 Å². The Morgan fingerprint density at radius 3 is 2.53 bits per heavy atom. The van der Waals surface area contributed by atoms with E-state index >= 15 is 0 Å². The van der Waals surface area contributed by atoms with E-state index in [9.17, 15) is 18.3 Å². The molecule has 2 unspecified atom stereocenters. The van der Waals surface area contributed by atoms with E-state index in [1.54, 1.807) is 11.9 Å². The number of aliphatic hydroxyl groups excluding tert-OH is 1. The molecule has 1 rings (SSSR count). The Labute approximate surface area is 113 Å². The van der Waals surface area contributed by atoms with Gasteiger partial charge >= 0.3 is 6.18 Å². The van der Waals surface area contributed by atoms with Crippen molar-refractivity contribution in [2.45, 2.75) is 63.3 Å². The molecule has 2 N–H and O–H groups in total. The van der Waals surface area contributed by atoms with Crippen molar-refractivity contribution in [3.05, 3.63) is 0 Å². The van der Waals surface area contributed by atoms with Gasteiger partial charge in [0.25, 0.3) is 0 Å². The summed E-state index contributed by atoms with van der Waals surface area (Å²) in [5.74, 6) is 0. The molecule has 0 aromatic rings. The summed E-state index contributed by atoms with van der Waals surface area (Å²) >= 11 is 0. The normalized spacial score (nSPS) is 28.6. The highest BCUT2D eigenvalue weighted by molar-refractivity contribution is 4.99. The van der Waals surface area contributed by atoms with E-state index in [2.05, 4.69) is 5.32 Å². The Balaban J connectivity index is 2.49. The maximum Gasteiger partial charge on any atom is 0.390 e. The van der Waals surface area contributed by atoms with Crippen LogP contribution in [0, 0.1) is 0 Å². The number of hydrogen-bond acceptors (Lipinski definition) is 3. The van der Waals surface area contributed by atoms with Crippen molar-refractivity contribution in [3.8, 4) is 0 Å². The molecule has 3 nitrogen and oxygen atoms in total. The fraction of sp³-hybridized carbons (Fsp3) is 1.00. The highest BCUT2D eigenvalue weighted by atomic mass is 19.4. The van der Waals surface area contributed by atoms with Crippen LogP contribution < -0.4 is 5.32 Å². The Bertz CT molecular complexity index is 284. The van der Waals surface area contributed by atoms with Crippen molar-refractivity contribution < 1.29 is 18.3 Å². The maximum atomic E-state index is 12.2. The predicted molar refractivity (Wildman–Crippen MR) is 69.0 cm³/mol. The van der Waals surface area contributed by atoms with Crippen LogP contribution in [-0.4, -0.2) is 54.0 Å². The van der Waals surface area contributed by atoms with Gasteiger partial charge in [0.1, 0.15) is 0 Å². The zero-order valence-electron chi connectivity index (χ0n) is 11.9. The number of aliphatic hydroxyl groups is 1. The minimum atomic E-state index is -4.10. The molecule has 2 atom stereocenters. The molecule has 19 heavy (non-hydrogen) atoms. The molecule has 1 saturated carbocycles. The Hall–Kier alpha value is -0.330. The van der Waals surface area contributed by atoms with Gasteiger partial charge in [-0.2, -0.15) is 13.2 Å². The lowest BCUT2D eigenvalue weighted by molar-refractivity contribution is -0.138. The third kappa shape index (κ3) is 5.28. The lowest BCUT2D eigenvalue weighted by Gasteiger charge is -2.32. The Kier molecular flexibility index (Phi) is 5.65. The van der Waals surface area contributed by atoms with E-state index in [-0.39, 0.29) is 30.8 Å². The minimum Gasteiger partial charge on any atom is -0.394 e. The zero-order valence-corrected chi connectivity index (χ0v) is 11.9. The van der Waals surface area contributed by atoms with E-state index in [0.29, 0.717) is 6.42 Å². The molecule has 0 radical (unpaired) electrons. The third-order valence-corrected chi connectivity index (χ3v) is 3.85. The fourth-order valence-electron chi connectivity index (χ4n) is 2.89. The molecule has 1 aliphatic carbocycles. The fourth-order valence-corrected chi connectivity index (χ4v) is 2.89. The summed E-state index contributed by atoms with van der Waals surface area (Å²) < 4.78 is 36.6. The molecular weight excluding hydrogens is 257 g/mol. The van der Waals surface area contributed by atoms with Crippen LogP contribution in [0.2, 0.25) is 0 Å². The zero-order chi connectivity index (χ0) is 14.7. The van der Waals surface area contributed by atoms with Crippen LogP contribution in [0.1, 0.15) is 39.5 Å². The first kappa shape index (κ1) is 16.7. The second-order valence-electron chi connectivity index (χ2n) is 5.98. The van der Waals surface area contributed by atoms with Gasteiger partial charge in [0.15, 0.2) is 0 Å². The average Bonchev–Trinajstić information content (AvgIpc) is 2.69. The van der Waals surface area contributed by atoms with Crippen LogP contribution >= 0.6 is 0 Å². The number of nitrogens with zero attached hydrogens (tertiary/aromatic N) is 1. The second-order valence-corrected chi connectivity index (χ2v) is 5.98. The van der Waals surface area contributed by atoms with Crippen LogP contribution in [0.5, 0.6) is 0 Å².